The Hall–Kier alpha value is -2.03. The van der Waals surface area contributed by atoms with Gasteiger partial charge in [0.2, 0.25) is 0 Å². The summed E-state index contributed by atoms with van der Waals surface area (Å²) in [5.41, 5.74) is 9.44. The molecule has 0 saturated carbocycles. The monoisotopic (exact) mass is 415 g/mol. The van der Waals surface area contributed by atoms with E-state index >= 15 is 0 Å². The topological polar surface area (TPSA) is 92.9 Å². The molecule has 0 aliphatic carbocycles. The van der Waals surface area contributed by atoms with E-state index in [0.717, 1.165) is 11.3 Å². The van der Waals surface area contributed by atoms with Gasteiger partial charge in [0.05, 0.1) is 0 Å². The molecule has 1 aliphatic heterocycles. The molecule has 1 amide bonds. The van der Waals surface area contributed by atoms with Crippen molar-refractivity contribution in [3.05, 3.63) is 22.3 Å². The quantitative estimate of drug-likeness (QED) is 0.602. The first-order chi connectivity index (χ1) is 12.7. The van der Waals surface area contributed by atoms with E-state index < -0.39 is 21.6 Å². The van der Waals surface area contributed by atoms with Crippen molar-refractivity contribution in [2.24, 2.45) is 0 Å². The third kappa shape index (κ3) is 5.06. The van der Waals surface area contributed by atoms with Crippen molar-refractivity contribution in [3.8, 4) is 0 Å². The Labute approximate surface area is 166 Å². The van der Waals surface area contributed by atoms with Crippen molar-refractivity contribution in [1.82, 2.24) is 4.90 Å². The first kappa shape index (κ1) is 22.3. The zero-order chi connectivity index (χ0) is 21.4. The predicted octanol–water partition coefficient (Wildman–Crippen LogP) is 3.05. The van der Waals surface area contributed by atoms with Crippen molar-refractivity contribution >= 4 is 27.7 Å². The molecule has 0 bridgehead atoms. The molecule has 0 spiro atoms. The van der Waals surface area contributed by atoms with E-state index in [1.807, 2.05) is 27.7 Å². The van der Waals surface area contributed by atoms with Crippen LogP contribution in [0.15, 0.2) is 0 Å². The minimum Gasteiger partial charge on any atom is -0.444 e. The molecule has 1 aromatic rings. The van der Waals surface area contributed by atoms with Crippen molar-refractivity contribution in [2.75, 3.05) is 36.8 Å². The Bertz CT molecular complexity index is 870. The molecule has 1 aliphatic rings. The van der Waals surface area contributed by atoms with Crippen LogP contribution >= 0.6 is 0 Å². The Morgan fingerprint density at radius 1 is 1.07 bits per heavy atom. The summed E-state index contributed by atoms with van der Waals surface area (Å²) in [4.78, 5) is 16.0. The number of rotatable bonds is 3. The zero-order valence-corrected chi connectivity index (χ0v) is 18.2. The van der Waals surface area contributed by atoms with Gasteiger partial charge in [0.1, 0.15) is 11.4 Å². The van der Waals surface area contributed by atoms with Gasteiger partial charge in [-0.15, -0.1) is 3.89 Å². The summed E-state index contributed by atoms with van der Waals surface area (Å²) in [6.45, 7) is 12.9. The van der Waals surface area contributed by atoms with Gasteiger partial charge in [-0.1, -0.05) is 0 Å². The highest BCUT2D eigenvalue weighted by Crippen LogP contribution is 2.37. The largest absolute Gasteiger partial charge is 0.444 e. The van der Waals surface area contributed by atoms with E-state index in [4.69, 9.17) is 10.5 Å². The average Bonchev–Trinajstić information content (AvgIpc) is 2.55. The number of carbonyl (C=O) groups is 1. The number of hydrogen-bond donors (Lipinski definition) is 1. The lowest BCUT2D eigenvalue weighted by atomic mass is 9.95. The Kier molecular flexibility index (Phi) is 6.18. The third-order valence-corrected chi connectivity index (χ3v) is 5.62. The summed E-state index contributed by atoms with van der Waals surface area (Å²) in [5.74, 6) is -0.694. The molecule has 1 fully saturated rings. The second-order valence-corrected chi connectivity index (χ2v) is 9.62. The van der Waals surface area contributed by atoms with Crippen molar-refractivity contribution in [2.45, 2.75) is 52.9 Å². The van der Waals surface area contributed by atoms with Crippen LogP contribution in [0, 0.1) is 20.8 Å². The van der Waals surface area contributed by atoms with E-state index in [1.165, 1.54) is 0 Å². The molecule has 0 atom stereocenters. The molecule has 1 heterocycles. The van der Waals surface area contributed by atoms with Gasteiger partial charge in [-0.05, 0) is 63.8 Å². The van der Waals surface area contributed by atoms with E-state index in [1.54, 1.807) is 18.7 Å². The minimum atomic E-state index is -4.68. The zero-order valence-electron chi connectivity index (χ0n) is 17.4. The van der Waals surface area contributed by atoms with Crippen LogP contribution in [-0.4, -0.2) is 51.2 Å². The smallest absolute Gasteiger partial charge is 0.410 e. The van der Waals surface area contributed by atoms with Gasteiger partial charge in [-0.25, -0.2) is 4.79 Å². The lowest BCUT2D eigenvalue weighted by Crippen LogP contribution is -2.50. The molecular weight excluding hydrogens is 385 g/mol. The van der Waals surface area contributed by atoms with Crippen LogP contribution in [-0.2, 0) is 20.7 Å². The fraction of sp³-hybridized carbons (Fsp3) is 0.632. The summed E-state index contributed by atoms with van der Waals surface area (Å²) in [6.07, 6.45) is -0.353. The van der Waals surface area contributed by atoms with Crippen LogP contribution in [0.5, 0.6) is 0 Å². The average molecular weight is 416 g/mol. The number of anilines is 2. The number of ether oxygens (including phenoxy) is 1. The van der Waals surface area contributed by atoms with Crippen LogP contribution < -0.4 is 10.6 Å². The highest BCUT2D eigenvalue weighted by atomic mass is 32.3. The molecule has 1 saturated heterocycles. The fourth-order valence-corrected chi connectivity index (χ4v) is 4.36. The maximum absolute atomic E-state index is 13.4. The standard InChI is InChI=1S/C19H30FN3O4S/c1-12-15(11-28(20,25)26)13(2)17(14(3)16(12)21)22-7-9-23(10-8-22)18(24)27-19(4,5)6/h7-11,21H2,1-6H3. The number of nitrogens with zero attached hydrogens (tertiary/aromatic N) is 2. The lowest BCUT2D eigenvalue weighted by Gasteiger charge is -2.38. The van der Waals surface area contributed by atoms with Crippen LogP contribution in [0.3, 0.4) is 0 Å². The van der Waals surface area contributed by atoms with Crippen LogP contribution in [0.1, 0.15) is 43.0 Å². The first-order valence-electron chi connectivity index (χ1n) is 9.24. The summed E-state index contributed by atoms with van der Waals surface area (Å²) in [7, 11) is -4.68. The number of nitrogen functional groups attached to an aromatic ring is 1. The Morgan fingerprint density at radius 3 is 2.07 bits per heavy atom. The van der Waals surface area contributed by atoms with Crippen LogP contribution in [0.2, 0.25) is 0 Å². The molecule has 28 heavy (non-hydrogen) atoms. The highest BCUT2D eigenvalue weighted by Gasteiger charge is 2.29. The van der Waals surface area contributed by atoms with Crippen molar-refractivity contribution in [1.29, 1.82) is 0 Å². The second kappa shape index (κ2) is 7.77. The van der Waals surface area contributed by atoms with Gasteiger partial charge < -0.3 is 20.3 Å². The summed E-state index contributed by atoms with van der Waals surface area (Å²) in [6, 6.07) is 0. The Balaban J connectivity index is 2.29. The van der Waals surface area contributed by atoms with Gasteiger partial charge in [0.25, 0.3) is 0 Å². The molecule has 2 N–H and O–H groups in total. The van der Waals surface area contributed by atoms with Gasteiger partial charge in [0.15, 0.2) is 0 Å². The number of amides is 1. The molecule has 0 unspecified atom stereocenters. The summed E-state index contributed by atoms with van der Waals surface area (Å²) in [5, 5.41) is 0. The van der Waals surface area contributed by atoms with E-state index in [0.29, 0.717) is 48.6 Å². The molecule has 0 radical (unpaired) electrons. The number of piperazine rings is 1. The van der Waals surface area contributed by atoms with E-state index in [9.17, 15) is 17.1 Å². The van der Waals surface area contributed by atoms with E-state index in [-0.39, 0.29) is 6.09 Å². The third-order valence-electron chi connectivity index (χ3n) is 4.99. The minimum absolute atomic E-state index is 0.353. The molecule has 9 heteroatoms. The summed E-state index contributed by atoms with van der Waals surface area (Å²) >= 11 is 0. The maximum Gasteiger partial charge on any atom is 0.410 e. The number of hydrogen-bond acceptors (Lipinski definition) is 6. The summed E-state index contributed by atoms with van der Waals surface area (Å²) < 4.78 is 41.3. The molecule has 158 valence electrons. The lowest BCUT2D eigenvalue weighted by molar-refractivity contribution is 0.0240. The predicted molar refractivity (Wildman–Crippen MR) is 109 cm³/mol. The fourth-order valence-electron chi connectivity index (χ4n) is 3.58. The molecule has 0 aromatic heterocycles. The maximum atomic E-state index is 13.4. The van der Waals surface area contributed by atoms with Gasteiger partial charge in [0, 0.05) is 37.6 Å². The normalized spacial score (nSPS) is 15.7. The number of benzene rings is 1. The van der Waals surface area contributed by atoms with Gasteiger partial charge in [-0.3, -0.25) is 0 Å². The van der Waals surface area contributed by atoms with E-state index in [2.05, 4.69) is 4.90 Å². The molecule has 7 nitrogen and oxygen atoms in total. The van der Waals surface area contributed by atoms with Gasteiger partial charge in [-0.2, -0.15) is 8.42 Å². The van der Waals surface area contributed by atoms with Gasteiger partial charge >= 0.3 is 16.3 Å². The number of nitrogens with two attached hydrogens (primary N) is 1. The SMILES string of the molecule is Cc1c(N)c(C)c(N2CCN(C(=O)OC(C)(C)C)CC2)c(C)c1CS(=O)(=O)F. The van der Waals surface area contributed by atoms with Crippen LogP contribution in [0.4, 0.5) is 20.1 Å². The van der Waals surface area contributed by atoms with Crippen molar-refractivity contribution < 1.29 is 21.8 Å². The second-order valence-electron chi connectivity index (χ2n) is 8.25. The molecular formula is C19H30FN3O4S. The van der Waals surface area contributed by atoms with Crippen molar-refractivity contribution in [3.63, 3.8) is 0 Å². The number of halogens is 1. The number of carbonyl (C=O) groups excluding carboxylic acids is 1. The first-order valence-corrected chi connectivity index (χ1v) is 10.8. The van der Waals surface area contributed by atoms with Crippen LogP contribution in [0.25, 0.3) is 0 Å². The Morgan fingerprint density at radius 2 is 1.61 bits per heavy atom. The highest BCUT2D eigenvalue weighted by molar-refractivity contribution is 7.85. The molecule has 1 aromatic carbocycles. The molecule has 2 rings (SSSR count).